The van der Waals surface area contributed by atoms with Crippen molar-refractivity contribution in [2.45, 2.75) is 38.5 Å². The maximum atomic E-state index is 12.2. The number of nitriles is 1. The quantitative estimate of drug-likeness (QED) is 0.111. The highest BCUT2D eigenvalue weighted by molar-refractivity contribution is 7.79. The highest BCUT2D eigenvalue weighted by Gasteiger charge is 2.31. The van der Waals surface area contributed by atoms with Crippen LogP contribution in [0.1, 0.15) is 31.2 Å². The van der Waals surface area contributed by atoms with Crippen molar-refractivity contribution in [1.29, 1.82) is 5.26 Å². The van der Waals surface area contributed by atoms with E-state index in [1.54, 1.807) is 6.08 Å². The summed E-state index contributed by atoms with van der Waals surface area (Å²) < 4.78 is 51.0. The van der Waals surface area contributed by atoms with E-state index in [1.165, 1.54) is 18.2 Å². The average Bonchev–Trinajstić information content (AvgIpc) is 2.62. The molecule has 0 aliphatic rings. The lowest BCUT2D eigenvalue weighted by atomic mass is 10.1. The summed E-state index contributed by atoms with van der Waals surface area (Å²) in [6.45, 7) is 0. The van der Waals surface area contributed by atoms with Gasteiger partial charge in [0.1, 0.15) is 11.6 Å². The van der Waals surface area contributed by atoms with Crippen LogP contribution in [-0.4, -0.2) is 17.5 Å². The van der Waals surface area contributed by atoms with Crippen molar-refractivity contribution in [1.82, 2.24) is 5.32 Å². The van der Waals surface area contributed by atoms with Crippen LogP contribution in [0.3, 0.4) is 0 Å². The fourth-order valence-corrected chi connectivity index (χ4v) is 2.10. The Balaban J connectivity index is 0.00000206. The molecule has 0 aliphatic carbocycles. The number of alkyl halides is 3. The van der Waals surface area contributed by atoms with Gasteiger partial charge in [-0.25, -0.2) is 0 Å². The molecule has 1 amide bonds. The topological polar surface area (TPSA) is 140 Å². The number of nitrogens with zero attached hydrogens (tertiary/aromatic N) is 1. The third-order valence-corrected chi connectivity index (χ3v) is 3.26. The van der Waals surface area contributed by atoms with Gasteiger partial charge in [-0.2, -0.15) is 9.65 Å². The molecule has 0 unspecified atom stereocenters. The molecule has 0 aliphatic heterocycles. The number of benzene rings is 1. The first-order valence-corrected chi connectivity index (χ1v) is 9.22. The molecule has 0 spiro atoms. The Bertz CT molecular complexity index is 831. The van der Waals surface area contributed by atoms with Crippen LogP contribution in [0.4, 0.5) is 17.6 Å². The Hall–Kier alpha value is -3.33. The number of rotatable bonds is 9. The number of hydrogen-bond donors (Lipinski definition) is 4. The Kier molecular flexibility index (Phi) is 13.1. The predicted molar refractivity (Wildman–Crippen MR) is 111 cm³/mol. The smallest absolute Gasteiger partial charge is 0.406 e. The molecule has 0 aromatic heterocycles. The second-order valence-corrected chi connectivity index (χ2v) is 6.34. The number of allylic oxidation sites excluding steroid dienone is 3. The zero-order chi connectivity index (χ0) is 23.9. The van der Waals surface area contributed by atoms with E-state index in [1.807, 2.05) is 6.07 Å². The number of amides is 1. The highest BCUT2D eigenvalue weighted by atomic mass is 32.1. The molecule has 7 N–H and O–H groups in total. The van der Waals surface area contributed by atoms with Crippen LogP contribution in [0.15, 0.2) is 47.9 Å². The normalized spacial score (nSPS) is 11.6. The Labute approximate surface area is 182 Å². The summed E-state index contributed by atoms with van der Waals surface area (Å²) >= 11 is 3.65. The van der Waals surface area contributed by atoms with Crippen molar-refractivity contribution in [2.24, 2.45) is 17.2 Å². The van der Waals surface area contributed by atoms with Gasteiger partial charge in [-0.15, -0.1) is 13.2 Å². The van der Waals surface area contributed by atoms with Gasteiger partial charge < -0.3 is 27.3 Å². The largest absolute Gasteiger partial charge is 0.573 e. The van der Waals surface area contributed by atoms with Gasteiger partial charge in [-0.3, -0.25) is 4.79 Å². The molecule has 170 valence electrons. The third kappa shape index (κ3) is 17.3. The van der Waals surface area contributed by atoms with Gasteiger partial charge in [0.2, 0.25) is 11.1 Å². The number of ether oxygens (including phenoxy) is 1. The SMILES string of the molecule is N#CCCCC/C(N)=C/C=C(\N)NC(=O)Cc1cccc(OC(F)(F)F)c1.NC(F)=S. The lowest BCUT2D eigenvalue weighted by molar-refractivity contribution is -0.274. The number of thiocarbonyl (C=S) groups is 1. The van der Waals surface area contributed by atoms with Crippen LogP contribution in [0.25, 0.3) is 0 Å². The van der Waals surface area contributed by atoms with Crippen molar-refractivity contribution in [3.63, 3.8) is 0 Å². The number of hydrogen-bond acceptors (Lipinski definition) is 6. The van der Waals surface area contributed by atoms with Gasteiger partial charge in [-0.05, 0) is 61.3 Å². The van der Waals surface area contributed by atoms with Crippen molar-refractivity contribution >= 4 is 23.4 Å². The van der Waals surface area contributed by atoms with Crippen molar-refractivity contribution in [2.75, 3.05) is 0 Å². The second-order valence-electron chi connectivity index (χ2n) is 5.95. The van der Waals surface area contributed by atoms with E-state index in [4.69, 9.17) is 16.7 Å². The van der Waals surface area contributed by atoms with Gasteiger partial charge >= 0.3 is 6.36 Å². The molecular formula is C19H23F4N5O2S. The van der Waals surface area contributed by atoms with Gasteiger partial charge in [-0.1, -0.05) is 12.1 Å². The summed E-state index contributed by atoms with van der Waals surface area (Å²) in [7, 11) is 0. The Morgan fingerprint density at radius 1 is 1.23 bits per heavy atom. The summed E-state index contributed by atoms with van der Waals surface area (Å²) in [5, 5.41) is 9.86. The van der Waals surface area contributed by atoms with Crippen molar-refractivity contribution < 1.29 is 27.1 Å². The van der Waals surface area contributed by atoms with Crippen molar-refractivity contribution in [3.8, 4) is 11.8 Å². The lowest BCUT2D eigenvalue weighted by Gasteiger charge is -2.10. The lowest BCUT2D eigenvalue weighted by Crippen LogP contribution is -2.28. The summed E-state index contributed by atoms with van der Waals surface area (Å²) in [4.78, 5) is 11.9. The number of nitrogens with two attached hydrogens (primary N) is 3. The van der Waals surface area contributed by atoms with Crippen LogP contribution >= 0.6 is 12.2 Å². The third-order valence-electron chi connectivity index (χ3n) is 3.26. The van der Waals surface area contributed by atoms with Crippen LogP contribution in [-0.2, 0) is 11.2 Å². The van der Waals surface area contributed by atoms with E-state index in [9.17, 15) is 22.4 Å². The standard InChI is InChI=1S/C18H21F3N4O2.CH2FNS/c19-18(20,21)27-15-7-4-5-13(11-15)12-17(26)25-16(24)9-8-14(23)6-2-1-3-10-22;2-1(3)4/h4-5,7-9,11H,1-3,6,12,23-24H2,(H,25,26);(H2,3,4)/b14-8-,16-9+;. The molecule has 0 saturated heterocycles. The molecule has 7 nitrogen and oxygen atoms in total. The highest BCUT2D eigenvalue weighted by Crippen LogP contribution is 2.23. The number of carbonyl (C=O) groups is 1. The average molecular weight is 461 g/mol. The van der Waals surface area contributed by atoms with E-state index in [-0.39, 0.29) is 12.2 Å². The maximum absolute atomic E-state index is 12.2. The van der Waals surface area contributed by atoms with Crippen molar-refractivity contribution in [3.05, 3.63) is 53.5 Å². The van der Waals surface area contributed by atoms with E-state index >= 15 is 0 Å². The van der Waals surface area contributed by atoms with E-state index in [0.29, 0.717) is 24.1 Å². The monoisotopic (exact) mass is 461 g/mol. The minimum atomic E-state index is -4.80. The van der Waals surface area contributed by atoms with E-state index in [2.05, 4.69) is 28.0 Å². The Morgan fingerprint density at radius 2 is 1.87 bits per heavy atom. The van der Waals surface area contributed by atoms with Crippen LogP contribution in [0, 0.1) is 11.3 Å². The van der Waals surface area contributed by atoms with Crippen LogP contribution < -0.4 is 27.3 Å². The minimum absolute atomic E-state index is 0.0580. The molecule has 0 heterocycles. The molecule has 0 radical (unpaired) electrons. The van der Waals surface area contributed by atoms with E-state index in [0.717, 1.165) is 25.0 Å². The number of carbonyl (C=O) groups excluding carboxylic acids is 1. The number of halogens is 4. The molecule has 0 fully saturated rings. The zero-order valence-electron chi connectivity index (χ0n) is 16.4. The molecule has 1 rings (SSSR count). The maximum Gasteiger partial charge on any atom is 0.573 e. The molecule has 12 heteroatoms. The fraction of sp³-hybridized carbons (Fsp3) is 0.316. The summed E-state index contributed by atoms with van der Waals surface area (Å²) in [6.07, 6.45) is 0.610. The number of nitrogens with one attached hydrogen (secondary N) is 1. The van der Waals surface area contributed by atoms with E-state index < -0.39 is 23.3 Å². The number of unbranched alkanes of at least 4 members (excludes halogenated alkanes) is 2. The molecule has 0 atom stereocenters. The summed E-state index contributed by atoms with van der Waals surface area (Å²) in [5.41, 5.74) is 16.5. The summed E-state index contributed by atoms with van der Waals surface area (Å²) in [6, 6.07) is 7.18. The first-order chi connectivity index (χ1) is 14.4. The second kappa shape index (κ2) is 14.6. The van der Waals surface area contributed by atoms with Gasteiger partial charge in [0, 0.05) is 12.1 Å². The van der Waals surface area contributed by atoms with Crippen LogP contribution in [0.5, 0.6) is 5.75 Å². The molecule has 1 aromatic rings. The molecule has 31 heavy (non-hydrogen) atoms. The zero-order valence-corrected chi connectivity index (χ0v) is 17.2. The van der Waals surface area contributed by atoms with Crippen LogP contribution in [0.2, 0.25) is 0 Å². The fourth-order valence-electron chi connectivity index (χ4n) is 2.10. The molecule has 0 bridgehead atoms. The molecule has 1 aromatic carbocycles. The molecular weight excluding hydrogens is 438 g/mol. The van der Waals surface area contributed by atoms with Gasteiger partial charge in [0.15, 0.2) is 0 Å². The summed E-state index contributed by atoms with van der Waals surface area (Å²) in [5.74, 6) is -0.833. The first-order valence-electron chi connectivity index (χ1n) is 8.81. The molecule has 0 saturated carbocycles. The van der Waals surface area contributed by atoms with Gasteiger partial charge in [0.05, 0.1) is 12.5 Å². The Morgan fingerprint density at radius 3 is 2.45 bits per heavy atom. The van der Waals surface area contributed by atoms with Gasteiger partial charge in [0.25, 0.3) is 0 Å². The first kappa shape index (κ1) is 27.7. The predicted octanol–water partition coefficient (Wildman–Crippen LogP) is 3.17. The minimum Gasteiger partial charge on any atom is -0.406 e.